The molecule has 5 unspecified atom stereocenters. The van der Waals surface area contributed by atoms with Crippen molar-refractivity contribution >= 4 is 11.9 Å². The van der Waals surface area contributed by atoms with Gasteiger partial charge in [-0.15, -0.1) is 0 Å². The molecular formula is C22H32O6. The third-order valence-electron chi connectivity index (χ3n) is 7.56. The van der Waals surface area contributed by atoms with Crippen molar-refractivity contribution in [2.45, 2.75) is 88.6 Å². The highest BCUT2D eigenvalue weighted by atomic mass is 16.6. The van der Waals surface area contributed by atoms with Gasteiger partial charge in [0.25, 0.3) is 0 Å². The Labute approximate surface area is 166 Å². The lowest BCUT2D eigenvalue weighted by Gasteiger charge is -2.29. The molecule has 156 valence electrons. The van der Waals surface area contributed by atoms with Crippen LogP contribution >= 0.6 is 0 Å². The molecule has 3 saturated carbocycles. The fourth-order valence-corrected chi connectivity index (χ4v) is 5.44. The zero-order chi connectivity index (χ0) is 19.1. The molecule has 0 aromatic heterocycles. The van der Waals surface area contributed by atoms with Gasteiger partial charge < -0.3 is 18.9 Å². The number of carbonyl (C=O) groups excluding carboxylic acids is 2. The molecular weight excluding hydrogens is 360 g/mol. The summed E-state index contributed by atoms with van der Waals surface area (Å²) in [5, 5.41) is 0. The highest BCUT2D eigenvalue weighted by molar-refractivity contribution is 5.73. The first-order valence-electron chi connectivity index (χ1n) is 11.3. The van der Waals surface area contributed by atoms with Crippen LogP contribution in [0.1, 0.15) is 64.2 Å². The molecule has 5 fully saturated rings. The second-order valence-electron chi connectivity index (χ2n) is 9.59. The highest BCUT2D eigenvalue weighted by Crippen LogP contribution is 2.41. The van der Waals surface area contributed by atoms with Gasteiger partial charge in [0.15, 0.2) is 0 Å². The van der Waals surface area contributed by atoms with Gasteiger partial charge in [0.2, 0.25) is 0 Å². The summed E-state index contributed by atoms with van der Waals surface area (Å²) in [6.45, 7) is 1.09. The third-order valence-corrected chi connectivity index (χ3v) is 7.56. The van der Waals surface area contributed by atoms with Crippen LogP contribution in [-0.2, 0) is 28.5 Å². The summed E-state index contributed by atoms with van der Waals surface area (Å²) in [6, 6.07) is 0. The SMILES string of the molecule is O=C(OCC1CCC(COC(=O)C2CCC3O[C@H]3C2)CC1)C1CCC2OC2C1. The average molecular weight is 392 g/mol. The number of hydrogen-bond donors (Lipinski definition) is 0. The minimum Gasteiger partial charge on any atom is -0.465 e. The van der Waals surface area contributed by atoms with Crippen molar-refractivity contribution in [3.8, 4) is 0 Å². The van der Waals surface area contributed by atoms with Crippen molar-refractivity contribution in [2.24, 2.45) is 23.7 Å². The van der Waals surface area contributed by atoms with Crippen molar-refractivity contribution in [3.63, 3.8) is 0 Å². The van der Waals surface area contributed by atoms with Crippen LogP contribution in [0.2, 0.25) is 0 Å². The van der Waals surface area contributed by atoms with E-state index >= 15 is 0 Å². The van der Waals surface area contributed by atoms with E-state index in [4.69, 9.17) is 18.9 Å². The Morgan fingerprint density at radius 2 is 1.04 bits per heavy atom. The van der Waals surface area contributed by atoms with Crippen LogP contribution in [0.4, 0.5) is 0 Å². The Balaban J connectivity index is 0.961. The second kappa shape index (κ2) is 7.94. The maximum Gasteiger partial charge on any atom is 0.309 e. The molecule has 2 saturated heterocycles. The van der Waals surface area contributed by atoms with Gasteiger partial charge in [-0.2, -0.15) is 0 Å². The third kappa shape index (κ3) is 4.38. The van der Waals surface area contributed by atoms with Crippen LogP contribution in [0.5, 0.6) is 0 Å². The van der Waals surface area contributed by atoms with Gasteiger partial charge in [-0.3, -0.25) is 9.59 Å². The zero-order valence-electron chi connectivity index (χ0n) is 16.6. The van der Waals surface area contributed by atoms with Crippen LogP contribution < -0.4 is 0 Å². The Bertz CT molecular complexity index is 546. The van der Waals surface area contributed by atoms with Gasteiger partial charge in [0.1, 0.15) is 0 Å². The van der Waals surface area contributed by atoms with Gasteiger partial charge in [0, 0.05) is 0 Å². The van der Waals surface area contributed by atoms with E-state index in [0.29, 0.717) is 49.5 Å². The monoisotopic (exact) mass is 392 g/mol. The van der Waals surface area contributed by atoms with E-state index in [2.05, 4.69) is 0 Å². The fraction of sp³-hybridized carbons (Fsp3) is 0.909. The number of fused-ring (bicyclic) bond motifs is 2. The largest absolute Gasteiger partial charge is 0.465 e. The summed E-state index contributed by atoms with van der Waals surface area (Å²) < 4.78 is 22.2. The van der Waals surface area contributed by atoms with Gasteiger partial charge in [0.05, 0.1) is 49.5 Å². The molecule has 0 radical (unpaired) electrons. The van der Waals surface area contributed by atoms with Crippen LogP contribution in [0, 0.1) is 23.7 Å². The Hall–Kier alpha value is -1.14. The molecule has 2 heterocycles. The minimum absolute atomic E-state index is 0.0284. The molecule has 5 aliphatic rings. The lowest BCUT2D eigenvalue weighted by atomic mass is 9.82. The minimum atomic E-state index is -0.0284. The van der Waals surface area contributed by atoms with Gasteiger partial charge in [-0.05, 0) is 76.0 Å². The molecule has 6 atom stereocenters. The van der Waals surface area contributed by atoms with Crippen molar-refractivity contribution < 1.29 is 28.5 Å². The van der Waals surface area contributed by atoms with E-state index in [-0.39, 0.29) is 23.8 Å². The molecule has 0 N–H and O–H groups in total. The van der Waals surface area contributed by atoms with E-state index in [9.17, 15) is 9.59 Å². The first-order valence-corrected chi connectivity index (χ1v) is 11.3. The number of ether oxygens (including phenoxy) is 4. The maximum atomic E-state index is 12.3. The summed E-state index contributed by atoms with van der Waals surface area (Å²) in [7, 11) is 0. The van der Waals surface area contributed by atoms with E-state index in [1.54, 1.807) is 0 Å². The van der Waals surface area contributed by atoms with Crippen molar-refractivity contribution in [3.05, 3.63) is 0 Å². The molecule has 0 aromatic carbocycles. The van der Waals surface area contributed by atoms with Crippen LogP contribution in [0.15, 0.2) is 0 Å². The fourth-order valence-electron chi connectivity index (χ4n) is 5.44. The topological polar surface area (TPSA) is 77.7 Å². The predicted molar refractivity (Wildman–Crippen MR) is 99.4 cm³/mol. The van der Waals surface area contributed by atoms with E-state index in [0.717, 1.165) is 64.2 Å². The summed E-state index contributed by atoms with van der Waals surface area (Å²) in [6.07, 6.45) is 11.2. The molecule has 2 aliphatic heterocycles. The Morgan fingerprint density at radius 1 is 0.607 bits per heavy atom. The number of rotatable bonds is 6. The predicted octanol–water partition coefficient (Wildman–Crippen LogP) is 3.01. The van der Waals surface area contributed by atoms with Crippen molar-refractivity contribution in [1.82, 2.24) is 0 Å². The lowest BCUT2D eigenvalue weighted by Crippen LogP contribution is -2.29. The standard InChI is InChI=1S/C22H32O6/c23-21(15-5-7-17-19(9-15)27-17)25-11-13-1-2-14(4-3-13)12-26-22(24)16-6-8-18-20(10-16)28-18/h13-20H,1-12H2/t13?,14?,15?,16?,17?,18?,19-,20?/m0/s1. The molecule has 6 nitrogen and oxygen atoms in total. The van der Waals surface area contributed by atoms with E-state index < -0.39 is 0 Å². The number of carbonyl (C=O) groups is 2. The molecule has 6 heteroatoms. The second-order valence-corrected chi connectivity index (χ2v) is 9.59. The lowest BCUT2D eigenvalue weighted by molar-refractivity contribution is -0.153. The summed E-state index contributed by atoms with van der Waals surface area (Å²) >= 11 is 0. The molecule has 5 rings (SSSR count). The quantitative estimate of drug-likeness (QED) is 0.511. The first kappa shape index (κ1) is 18.9. The Kier molecular flexibility index (Phi) is 5.35. The molecule has 0 bridgehead atoms. The average Bonchev–Trinajstić information content (AvgIpc) is 3.63. The number of esters is 2. The maximum absolute atomic E-state index is 12.3. The smallest absolute Gasteiger partial charge is 0.309 e. The van der Waals surface area contributed by atoms with E-state index in [1.807, 2.05) is 0 Å². The van der Waals surface area contributed by atoms with Gasteiger partial charge >= 0.3 is 11.9 Å². The summed E-state index contributed by atoms with van der Waals surface area (Å²) in [4.78, 5) is 24.6. The summed E-state index contributed by atoms with van der Waals surface area (Å²) in [5.41, 5.74) is 0. The van der Waals surface area contributed by atoms with Crippen molar-refractivity contribution in [1.29, 1.82) is 0 Å². The Morgan fingerprint density at radius 3 is 1.43 bits per heavy atom. The molecule has 0 aromatic rings. The molecule has 28 heavy (non-hydrogen) atoms. The van der Waals surface area contributed by atoms with Crippen LogP contribution in [0.25, 0.3) is 0 Å². The van der Waals surface area contributed by atoms with Crippen molar-refractivity contribution in [2.75, 3.05) is 13.2 Å². The zero-order valence-corrected chi connectivity index (χ0v) is 16.6. The number of hydrogen-bond acceptors (Lipinski definition) is 6. The molecule has 0 amide bonds. The van der Waals surface area contributed by atoms with Crippen LogP contribution in [0.3, 0.4) is 0 Å². The van der Waals surface area contributed by atoms with Crippen LogP contribution in [-0.4, -0.2) is 49.6 Å². The van der Waals surface area contributed by atoms with E-state index in [1.165, 1.54) is 0 Å². The first-order chi connectivity index (χ1) is 13.7. The highest BCUT2D eigenvalue weighted by Gasteiger charge is 2.47. The molecule has 3 aliphatic carbocycles. The number of epoxide rings is 2. The normalized spacial score (nSPS) is 44.0. The van der Waals surface area contributed by atoms with Gasteiger partial charge in [-0.25, -0.2) is 0 Å². The van der Waals surface area contributed by atoms with Gasteiger partial charge in [-0.1, -0.05) is 0 Å². The molecule has 0 spiro atoms. The summed E-state index contributed by atoms with van der Waals surface area (Å²) in [5.74, 6) is 0.920.